The molecule has 2 amide bonds. The van der Waals surface area contributed by atoms with E-state index in [1.165, 1.54) is 4.90 Å². The highest BCUT2D eigenvalue weighted by Crippen LogP contribution is 2.17. The van der Waals surface area contributed by atoms with Crippen molar-refractivity contribution < 1.29 is 23.9 Å². The van der Waals surface area contributed by atoms with Gasteiger partial charge in [0.1, 0.15) is 12.3 Å². The van der Waals surface area contributed by atoms with Gasteiger partial charge < -0.3 is 24.6 Å². The van der Waals surface area contributed by atoms with Crippen LogP contribution in [0.4, 0.5) is 5.69 Å². The Morgan fingerprint density at radius 2 is 1.65 bits per heavy atom. The van der Waals surface area contributed by atoms with Crippen molar-refractivity contribution in [2.24, 2.45) is 0 Å². The minimum absolute atomic E-state index is 0.327. The molecule has 1 N–H and O–H groups in total. The van der Waals surface area contributed by atoms with E-state index in [4.69, 9.17) is 9.47 Å². The third-order valence-electron chi connectivity index (χ3n) is 4.48. The summed E-state index contributed by atoms with van der Waals surface area (Å²) >= 11 is 0. The Hall–Kier alpha value is -3.55. The second-order valence-electron chi connectivity index (χ2n) is 7.08. The maximum Gasteiger partial charge on any atom is 0.325 e. The van der Waals surface area contributed by atoms with Crippen molar-refractivity contribution in [3.05, 3.63) is 59.7 Å². The van der Waals surface area contributed by atoms with E-state index in [1.807, 2.05) is 50.2 Å². The minimum Gasteiger partial charge on any atom is -0.493 e. The number of anilines is 1. The molecule has 0 atom stereocenters. The highest BCUT2D eigenvalue weighted by molar-refractivity contribution is 5.98. The van der Waals surface area contributed by atoms with Crippen LogP contribution in [0.2, 0.25) is 0 Å². The van der Waals surface area contributed by atoms with Crippen molar-refractivity contribution in [2.75, 3.05) is 45.8 Å². The lowest BCUT2D eigenvalue weighted by molar-refractivity contribution is -0.150. The number of likely N-dealkylation sites (N-methyl/N-ethyl adjacent to an activating group) is 1. The number of para-hydroxylation sites is 1. The standard InChI is InChI=1S/C23H29N3O5/c1-5-30-20-9-7-6-8-19(20)23(29)24-14-22(28)31-16-21(27)26(4)15-17-10-12-18(13-11-17)25(2)3/h6-13H,5,14-16H2,1-4H3,(H,24,29). The van der Waals surface area contributed by atoms with Crippen LogP contribution in [-0.2, 0) is 20.9 Å². The number of nitrogens with zero attached hydrogens (tertiary/aromatic N) is 2. The average Bonchev–Trinajstić information content (AvgIpc) is 2.76. The molecule has 0 spiro atoms. The van der Waals surface area contributed by atoms with Gasteiger partial charge in [-0.2, -0.15) is 0 Å². The highest BCUT2D eigenvalue weighted by atomic mass is 16.5. The van der Waals surface area contributed by atoms with Gasteiger partial charge in [0, 0.05) is 33.4 Å². The van der Waals surface area contributed by atoms with Crippen molar-refractivity contribution in [1.29, 1.82) is 0 Å². The van der Waals surface area contributed by atoms with Crippen LogP contribution >= 0.6 is 0 Å². The number of carbonyl (C=O) groups is 3. The van der Waals surface area contributed by atoms with Gasteiger partial charge in [-0.05, 0) is 36.8 Å². The molecule has 0 unspecified atom stereocenters. The molecule has 31 heavy (non-hydrogen) atoms. The smallest absolute Gasteiger partial charge is 0.325 e. The highest BCUT2D eigenvalue weighted by Gasteiger charge is 2.16. The van der Waals surface area contributed by atoms with Gasteiger partial charge in [-0.25, -0.2) is 0 Å². The molecule has 2 rings (SSSR count). The van der Waals surface area contributed by atoms with E-state index in [0.29, 0.717) is 24.5 Å². The fourth-order valence-electron chi connectivity index (χ4n) is 2.75. The lowest BCUT2D eigenvalue weighted by Crippen LogP contribution is -2.34. The van der Waals surface area contributed by atoms with E-state index < -0.39 is 18.5 Å². The summed E-state index contributed by atoms with van der Waals surface area (Å²) in [6.07, 6.45) is 0. The molecule has 0 bridgehead atoms. The fourth-order valence-corrected chi connectivity index (χ4v) is 2.75. The first-order valence-corrected chi connectivity index (χ1v) is 9.97. The van der Waals surface area contributed by atoms with E-state index in [0.717, 1.165) is 11.3 Å². The summed E-state index contributed by atoms with van der Waals surface area (Å²) in [6, 6.07) is 14.6. The zero-order valence-corrected chi connectivity index (χ0v) is 18.4. The number of amides is 2. The molecule has 2 aromatic carbocycles. The normalized spacial score (nSPS) is 10.2. The minimum atomic E-state index is -0.695. The molecule has 0 aliphatic heterocycles. The van der Waals surface area contributed by atoms with E-state index in [9.17, 15) is 14.4 Å². The van der Waals surface area contributed by atoms with Crippen molar-refractivity contribution in [3.8, 4) is 5.75 Å². The van der Waals surface area contributed by atoms with Gasteiger partial charge in [-0.3, -0.25) is 14.4 Å². The van der Waals surface area contributed by atoms with Gasteiger partial charge in [0.05, 0.1) is 12.2 Å². The Labute approximate surface area is 182 Å². The molecule has 8 nitrogen and oxygen atoms in total. The Morgan fingerprint density at radius 3 is 2.29 bits per heavy atom. The zero-order valence-electron chi connectivity index (χ0n) is 18.4. The van der Waals surface area contributed by atoms with E-state index in [-0.39, 0.29) is 12.5 Å². The quantitative estimate of drug-likeness (QED) is 0.584. The van der Waals surface area contributed by atoms with Gasteiger partial charge in [0.15, 0.2) is 6.61 Å². The third-order valence-corrected chi connectivity index (χ3v) is 4.48. The maximum absolute atomic E-state index is 12.3. The number of nitrogens with one attached hydrogen (secondary N) is 1. The van der Waals surface area contributed by atoms with Crippen molar-refractivity contribution in [2.45, 2.75) is 13.5 Å². The SMILES string of the molecule is CCOc1ccccc1C(=O)NCC(=O)OCC(=O)N(C)Cc1ccc(N(C)C)cc1. The molecule has 0 radical (unpaired) electrons. The Balaban J connectivity index is 1.77. The topological polar surface area (TPSA) is 88.2 Å². The largest absolute Gasteiger partial charge is 0.493 e. The molecule has 0 aliphatic rings. The fraction of sp³-hybridized carbons (Fsp3) is 0.348. The first-order valence-electron chi connectivity index (χ1n) is 9.97. The van der Waals surface area contributed by atoms with Crippen LogP contribution in [0.15, 0.2) is 48.5 Å². The number of rotatable bonds is 10. The summed E-state index contributed by atoms with van der Waals surface area (Å²) in [4.78, 5) is 39.9. The predicted octanol–water partition coefficient (Wildman–Crippen LogP) is 2.08. The first kappa shape index (κ1) is 23.7. The Bertz CT molecular complexity index is 896. The monoisotopic (exact) mass is 427 g/mol. The van der Waals surface area contributed by atoms with E-state index in [1.54, 1.807) is 31.3 Å². The van der Waals surface area contributed by atoms with Crippen LogP contribution < -0.4 is 15.0 Å². The molecule has 2 aromatic rings. The average molecular weight is 428 g/mol. The van der Waals surface area contributed by atoms with Crippen LogP contribution in [0, 0.1) is 0 Å². The van der Waals surface area contributed by atoms with Gasteiger partial charge in [0.2, 0.25) is 0 Å². The van der Waals surface area contributed by atoms with Crippen LogP contribution in [-0.4, -0.2) is 63.6 Å². The van der Waals surface area contributed by atoms with Gasteiger partial charge in [-0.1, -0.05) is 24.3 Å². The van der Waals surface area contributed by atoms with Crippen LogP contribution in [0.3, 0.4) is 0 Å². The van der Waals surface area contributed by atoms with E-state index >= 15 is 0 Å². The van der Waals surface area contributed by atoms with Crippen molar-refractivity contribution >= 4 is 23.5 Å². The summed E-state index contributed by atoms with van der Waals surface area (Å²) < 4.78 is 10.4. The number of hydrogen-bond acceptors (Lipinski definition) is 6. The van der Waals surface area contributed by atoms with Gasteiger partial charge in [0.25, 0.3) is 11.8 Å². The summed E-state index contributed by atoms with van der Waals surface area (Å²) in [6.45, 7) is 1.90. The van der Waals surface area contributed by atoms with E-state index in [2.05, 4.69) is 5.32 Å². The number of esters is 1. The molecule has 0 saturated heterocycles. The summed E-state index contributed by atoms with van der Waals surface area (Å²) in [5.41, 5.74) is 2.36. The Kier molecular flexibility index (Phi) is 8.87. The molecule has 0 saturated carbocycles. The maximum atomic E-state index is 12.3. The number of hydrogen-bond donors (Lipinski definition) is 1. The van der Waals surface area contributed by atoms with Crippen LogP contribution in [0.5, 0.6) is 5.75 Å². The summed E-state index contributed by atoms with van der Waals surface area (Å²) in [5.74, 6) is -1.05. The van der Waals surface area contributed by atoms with Crippen LogP contribution in [0.1, 0.15) is 22.8 Å². The third kappa shape index (κ3) is 7.33. The predicted molar refractivity (Wildman–Crippen MR) is 118 cm³/mol. The second-order valence-corrected chi connectivity index (χ2v) is 7.08. The van der Waals surface area contributed by atoms with Crippen molar-refractivity contribution in [3.63, 3.8) is 0 Å². The first-order chi connectivity index (χ1) is 14.8. The number of carbonyl (C=O) groups excluding carboxylic acids is 3. The van der Waals surface area contributed by atoms with Gasteiger partial charge in [-0.15, -0.1) is 0 Å². The van der Waals surface area contributed by atoms with Crippen molar-refractivity contribution in [1.82, 2.24) is 10.2 Å². The number of benzene rings is 2. The number of ether oxygens (including phenoxy) is 2. The summed E-state index contributed by atoms with van der Waals surface area (Å²) in [5, 5.41) is 2.48. The Morgan fingerprint density at radius 1 is 0.968 bits per heavy atom. The summed E-state index contributed by atoms with van der Waals surface area (Å²) in [7, 11) is 5.56. The molecule has 0 aromatic heterocycles. The molecule has 0 heterocycles. The molecule has 166 valence electrons. The van der Waals surface area contributed by atoms with Crippen LogP contribution in [0.25, 0.3) is 0 Å². The molecule has 0 aliphatic carbocycles. The zero-order chi connectivity index (χ0) is 22.8. The second kappa shape index (κ2) is 11.6. The molecule has 8 heteroatoms. The molecular weight excluding hydrogens is 398 g/mol. The van der Waals surface area contributed by atoms with Gasteiger partial charge >= 0.3 is 5.97 Å². The molecular formula is C23H29N3O5. The lowest BCUT2D eigenvalue weighted by atomic mass is 10.2. The molecule has 0 fully saturated rings. The lowest BCUT2D eigenvalue weighted by Gasteiger charge is -2.18.